The molecule has 0 spiro atoms. The SMILES string of the molecule is Cn1c(-c2ccccc2)csc1=NC1Nc2ccccc2S1. The second-order valence-electron chi connectivity index (χ2n) is 5.07. The van der Waals surface area contributed by atoms with E-state index in [1.807, 2.05) is 12.1 Å². The van der Waals surface area contributed by atoms with Crippen LogP contribution in [0.3, 0.4) is 0 Å². The largest absolute Gasteiger partial charge is 0.354 e. The Labute approximate surface area is 137 Å². The molecule has 3 aromatic rings. The number of para-hydroxylation sites is 1. The fourth-order valence-electron chi connectivity index (χ4n) is 2.49. The van der Waals surface area contributed by atoms with Crippen LogP contribution in [0.4, 0.5) is 5.69 Å². The monoisotopic (exact) mass is 325 g/mol. The zero-order valence-electron chi connectivity index (χ0n) is 12.1. The quantitative estimate of drug-likeness (QED) is 0.767. The standard InChI is InChI=1S/C17H15N3S2/c1-20-14(12-7-3-2-4-8-12)11-21-17(20)19-16-18-13-9-5-6-10-15(13)22-16/h2-11,16,18H,1H3. The Kier molecular flexibility index (Phi) is 3.52. The summed E-state index contributed by atoms with van der Waals surface area (Å²) in [4.78, 5) is 7.14. The number of nitrogens with one attached hydrogen (secondary N) is 1. The van der Waals surface area contributed by atoms with E-state index >= 15 is 0 Å². The van der Waals surface area contributed by atoms with Gasteiger partial charge in [-0.05, 0) is 17.7 Å². The van der Waals surface area contributed by atoms with Crippen molar-refractivity contribution in [2.24, 2.45) is 12.0 Å². The number of hydrogen-bond acceptors (Lipinski definition) is 4. The van der Waals surface area contributed by atoms with Crippen LogP contribution in [-0.2, 0) is 7.05 Å². The van der Waals surface area contributed by atoms with Crippen molar-refractivity contribution in [3.8, 4) is 11.3 Å². The van der Waals surface area contributed by atoms with Crippen molar-refractivity contribution in [3.63, 3.8) is 0 Å². The van der Waals surface area contributed by atoms with Crippen molar-refractivity contribution in [2.75, 3.05) is 5.32 Å². The van der Waals surface area contributed by atoms with Gasteiger partial charge in [0.15, 0.2) is 10.3 Å². The number of aromatic nitrogens is 1. The summed E-state index contributed by atoms with van der Waals surface area (Å²) in [7, 11) is 2.07. The molecule has 1 aromatic heterocycles. The number of benzene rings is 2. The van der Waals surface area contributed by atoms with E-state index in [1.54, 1.807) is 23.1 Å². The first kappa shape index (κ1) is 13.7. The predicted molar refractivity (Wildman–Crippen MR) is 94.0 cm³/mol. The van der Waals surface area contributed by atoms with Crippen LogP contribution < -0.4 is 10.1 Å². The minimum atomic E-state index is 0.0471. The smallest absolute Gasteiger partial charge is 0.187 e. The van der Waals surface area contributed by atoms with Gasteiger partial charge in [0, 0.05) is 17.3 Å². The molecule has 0 saturated carbocycles. The molecule has 0 saturated heterocycles. The summed E-state index contributed by atoms with van der Waals surface area (Å²) in [5.74, 6) is 0. The lowest BCUT2D eigenvalue weighted by Crippen LogP contribution is -2.17. The topological polar surface area (TPSA) is 29.3 Å². The molecule has 1 N–H and O–H groups in total. The zero-order valence-corrected chi connectivity index (χ0v) is 13.7. The van der Waals surface area contributed by atoms with Gasteiger partial charge in [-0.2, -0.15) is 0 Å². The Morgan fingerprint density at radius 3 is 2.64 bits per heavy atom. The molecule has 1 aliphatic heterocycles. The van der Waals surface area contributed by atoms with Gasteiger partial charge in [-0.1, -0.05) is 54.2 Å². The van der Waals surface area contributed by atoms with Crippen molar-refractivity contribution in [3.05, 3.63) is 64.8 Å². The van der Waals surface area contributed by atoms with Crippen molar-refractivity contribution in [2.45, 2.75) is 10.4 Å². The van der Waals surface area contributed by atoms with E-state index in [0.29, 0.717) is 0 Å². The van der Waals surface area contributed by atoms with Crippen molar-refractivity contribution in [1.82, 2.24) is 4.57 Å². The molecule has 2 heterocycles. The minimum Gasteiger partial charge on any atom is -0.354 e. The molecule has 0 fully saturated rings. The molecule has 1 unspecified atom stereocenters. The first-order chi connectivity index (χ1) is 10.8. The highest BCUT2D eigenvalue weighted by Crippen LogP contribution is 2.38. The van der Waals surface area contributed by atoms with E-state index in [1.165, 1.54) is 21.8 Å². The van der Waals surface area contributed by atoms with Crippen LogP contribution in [-0.4, -0.2) is 10.1 Å². The van der Waals surface area contributed by atoms with Gasteiger partial charge < -0.3 is 9.88 Å². The van der Waals surface area contributed by atoms with E-state index in [2.05, 4.69) is 64.8 Å². The van der Waals surface area contributed by atoms with Gasteiger partial charge in [0.1, 0.15) is 0 Å². The molecule has 0 bridgehead atoms. The normalized spacial score (nSPS) is 17.3. The van der Waals surface area contributed by atoms with Gasteiger partial charge >= 0.3 is 0 Å². The second-order valence-corrected chi connectivity index (χ2v) is 7.03. The maximum Gasteiger partial charge on any atom is 0.187 e. The van der Waals surface area contributed by atoms with Gasteiger partial charge in [0.25, 0.3) is 0 Å². The average Bonchev–Trinajstić information content (AvgIpc) is 3.12. The molecule has 3 nitrogen and oxygen atoms in total. The lowest BCUT2D eigenvalue weighted by atomic mass is 10.2. The Balaban J connectivity index is 1.66. The lowest BCUT2D eigenvalue weighted by molar-refractivity contribution is 0.848. The molecule has 1 aliphatic rings. The summed E-state index contributed by atoms with van der Waals surface area (Å²) < 4.78 is 2.16. The van der Waals surface area contributed by atoms with Crippen molar-refractivity contribution in [1.29, 1.82) is 0 Å². The number of thiazole rings is 1. The van der Waals surface area contributed by atoms with Crippen LogP contribution in [0.25, 0.3) is 11.3 Å². The fourth-order valence-corrected chi connectivity index (χ4v) is 4.48. The Morgan fingerprint density at radius 1 is 1.05 bits per heavy atom. The Morgan fingerprint density at radius 2 is 1.82 bits per heavy atom. The van der Waals surface area contributed by atoms with Gasteiger partial charge in [0.05, 0.1) is 11.4 Å². The third kappa shape index (κ3) is 2.46. The molecule has 2 aromatic carbocycles. The first-order valence-electron chi connectivity index (χ1n) is 7.07. The maximum absolute atomic E-state index is 4.85. The number of nitrogens with zero attached hydrogens (tertiary/aromatic N) is 2. The summed E-state index contributed by atoms with van der Waals surface area (Å²) in [5, 5.41) is 5.62. The highest BCUT2D eigenvalue weighted by atomic mass is 32.2. The number of rotatable bonds is 2. The molecule has 110 valence electrons. The van der Waals surface area contributed by atoms with E-state index in [-0.39, 0.29) is 5.50 Å². The third-order valence-corrected chi connectivity index (χ3v) is 5.61. The summed E-state index contributed by atoms with van der Waals surface area (Å²) >= 11 is 3.44. The van der Waals surface area contributed by atoms with Crippen molar-refractivity contribution < 1.29 is 0 Å². The second kappa shape index (κ2) is 5.66. The lowest BCUT2D eigenvalue weighted by Gasteiger charge is -2.05. The van der Waals surface area contributed by atoms with Gasteiger partial charge in [-0.3, -0.25) is 0 Å². The summed E-state index contributed by atoms with van der Waals surface area (Å²) in [6, 6.07) is 18.8. The van der Waals surface area contributed by atoms with Crippen LogP contribution in [0.5, 0.6) is 0 Å². The molecule has 4 rings (SSSR count). The average molecular weight is 325 g/mol. The third-order valence-electron chi connectivity index (χ3n) is 3.63. The van der Waals surface area contributed by atoms with Gasteiger partial charge in [-0.25, -0.2) is 4.99 Å². The Hall–Kier alpha value is -1.98. The van der Waals surface area contributed by atoms with Gasteiger partial charge in [0.2, 0.25) is 0 Å². The van der Waals surface area contributed by atoms with Crippen LogP contribution in [0.2, 0.25) is 0 Å². The number of hydrogen-bond donors (Lipinski definition) is 1. The van der Waals surface area contributed by atoms with Crippen LogP contribution >= 0.6 is 23.1 Å². The molecular weight excluding hydrogens is 310 g/mol. The molecule has 0 aliphatic carbocycles. The summed E-state index contributed by atoms with van der Waals surface area (Å²) in [6.45, 7) is 0. The minimum absolute atomic E-state index is 0.0471. The molecule has 22 heavy (non-hydrogen) atoms. The van der Waals surface area contributed by atoms with E-state index in [0.717, 1.165) is 4.80 Å². The molecule has 5 heteroatoms. The van der Waals surface area contributed by atoms with E-state index < -0.39 is 0 Å². The molecule has 0 amide bonds. The Bertz CT molecular complexity index is 840. The fraction of sp³-hybridized carbons (Fsp3) is 0.118. The first-order valence-corrected chi connectivity index (χ1v) is 8.83. The van der Waals surface area contributed by atoms with Gasteiger partial charge in [-0.15, -0.1) is 11.3 Å². The summed E-state index contributed by atoms with van der Waals surface area (Å²) in [5.41, 5.74) is 3.64. The number of anilines is 1. The summed E-state index contributed by atoms with van der Waals surface area (Å²) in [6.07, 6.45) is 0. The predicted octanol–water partition coefficient (Wildman–Crippen LogP) is 4.16. The zero-order chi connectivity index (χ0) is 14.9. The highest BCUT2D eigenvalue weighted by Gasteiger charge is 2.20. The maximum atomic E-state index is 4.85. The van der Waals surface area contributed by atoms with Crippen molar-refractivity contribution >= 4 is 28.8 Å². The number of thioether (sulfide) groups is 1. The molecular formula is C17H15N3S2. The van der Waals surface area contributed by atoms with E-state index in [9.17, 15) is 0 Å². The van der Waals surface area contributed by atoms with Crippen LogP contribution in [0, 0.1) is 0 Å². The van der Waals surface area contributed by atoms with Crippen LogP contribution in [0.15, 0.2) is 69.9 Å². The number of fused-ring (bicyclic) bond motifs is 1. The molecule has 0 radical (unpaired) electrons. The highest BCUT2D eigenvalue weighted by molar-refractivity contribution is 8.00. The molecule has 1 atom stereocenters. The van der Waals surface area contributed by atoms with E-state index in [4.69, 9.17) is 4.99 Å². The van der Waals surface area contributed by atoms with Crippen LogP contribution in [0.1, 0.15) is 0 Å².